The molecule has 0 N–H and O–H groups in total. The Kier molecular flexibility index (Phi) is 2.40. The van der Waals surface area contributed by atoms with Crippen LogP contribution in [-0.4, -0.2) is 35.5 Å². The summed E-state index contributed by atoms with van der Waals surface area (Å²) in [5, 5.41) is 5.22. The quantitative estimate of drug-likeness (QED) is 0.651. The minimum atomic E-state index is -0.405. The largest absolute Gasteiger partial charge is 0.446 e. The monoisotopic (exact) mass is 191 g/mol. The lowest BCUT2D eigenvalue weighted by Crippen LogP contribution is -2.17. The molecule has 0 unspecified atom stereocenters. The third-order valence-corrected chi connectivity index (χ3v) is 1.76. The molecule has 2 heterocycles. The van der Waals surface area contributed by atoms with Crippen LogP contribution in [0.4, 0.5) is 4.79 Å². The minimum absolute atomic E-state index is 0.401. The topological polar surface area (TPSA) is 54.8 Å². The van der Waals surface area contributed by atoms with Crippen LogP contribution in [0.15, 0.2) is 29.5 Å². The molecule has 0 saturated carbocycles. The second kappa shape index (κ2) is 3.87. The molecule has 1 aromatic rings. The van der Waals surface area contributed by atoms with Crippen molar-refractivity contribution in [1.82, 2.24) is 9.99 Å². The van der Waals surface area contributed by atoms with Crippen LogP contribution in [0.5, 0.6) is 0 Å². The molecule has 0 spiro atoms. The van der Waals surface area contributed by atoms with Crippen molar-refractivity contribution >= 4 is 12.3 Å². The van der Waals surface area contributed by atoms with Gasteiger partial charge in [-0.2, -0.15) is 10.1 Å². The van der Waals surface area contributed by atoms with E-state index in [1.807, 2.05) is 18.2 Å². The summed E-state index contributed by atoms with van der Waals surface area (Å²) in [6, 6.07) is 5.49. The first kappa shape index (κ1) is 8.68. The van der Waals surface area contributed by atoms with Crippen molar-refractivity contribution < 1.29 is 9.53 Å². The van der Waals surface area contributed by atoms with Gasteiger partial charge in [0.2, 0.25) is 0 Å². The maximum atomic E-state index is 11.0. The summed E-state index contributed by atoms with van der Waals surface area (Å²) in [4.78, 5) is 15.0. The van der Waals surface area contributed by atoms with Crippen LogP contribution in [0, 0.1) is 0 Å². The van der Waals surface area contributed by atoms with E-state index in [2.05, 4.69) is 10.1 Å². The predicted octanol–water partition coefficient (Wildman–Crippen LogP) is 0.868. The lowest BCUT2D eigenvalue weighted by Gasteiger charge is -2.02. The summed E-state index contributed by atoms with van der Waals surface area (Å²) in [5.74, 6) is 0. The number of ether oxygens (including phenoxy) is 1. The fourth-order valence-corrected chi connectivity index (χ4v) is 1.07. The van der Waals surface area contributed by atoms with Crippen molar-refractivity contribution in [1.29, 1.82) is 0 Å². The molecule has 72 valence electrons. The molecule has 0 aromatic carbocycles. The van der Waals surface area contributed by atoms with Gasteiger partial charge in [0.15, 0.2) is 0 Å². The van der Waals surface area contributed by atoms with Crippen molar-refractivity contribution in [2.24, 2.45) is 5.10 Å². The van der Waals surface area contributed by atoms with Gasteiger partial charge in [-0.15, -0.1) is 0 Å². The van der Waals surface area contributed by atoms with Crippen LogP contribution in [0.25, 0.3) is 0 Å². The van der Waals surface area contributed by atoms with Crippen LogP contribution in [-0.2, 0) is 4.74 Å². The van der Waals surface area contributed by atoms with Gasteiger partial charge >= 0.3 is 6.09 Å². The van der Waals surface area contributed by atoms with E-state index in [0.717, 1.165) is 0 Å². The molecular formula is C9H9N3O2. The summed E-state index contributed by atoms with van der Waals surface area (Å²) in [7, 11) is 0. The van der Waals surface area contributed by atoms with Gasteiger partial charge in [-0.25, -0.2) is 4.79 Å². The van der Waals surface area contributed by atoms with E-state index in [1.165, 1.54) is 11.2 Å². The predicted molar refractivity (Wildman–Crippen MR) is 49.9 cm³/mol. The Morgan fingerprint density at radius 1 is 1.57 bits per heavy atom. The molecular weight excluding hydrogens is 182 g/mol. The normalized spacial score (nSPS) is 16.3. The molecule has 0 radical (unpaired) electrons. The van der Waals surface area contributed by atoms with Gasteiger partial charge in [0.05, 0.1) is 18.5 Å². The van der Waals surface area contributed by atoms with Gasteiger partial charge in [-0.3, -0.25) is 4.98 Å². The summed E-state index contributed by atoms with van der Waals surface area (Å²) in [5.41, 5.74) is 0.715. The maximum absolute atomic E-state index is 11.0. The lowest BCUT2D eigenvalue weighted by atomic mass is 10.4. The zero-order valence-electron chi connectivity index (χ0n) is 7.46. The lowest BCUT2D eigenvalue weighted by molar-refractivity contribution is 0.159. The molecule has 1 aliphatic rings. The second-order valence-corrected chi connectivity index (χ2v) is 2.74. The van der Waals surface area contributed by atoms with Crippen LogP contribution >= 0.6 is 0 Å². The zero-order valence-corrected chi connectivity index (χ0v) is 7.46. The number of hydrogen-bond acceptors (Lipinski definition) is 4. The summed E-state index contributed by atoms with van der Waals surface area (Å²) in [6.45, 7) is 0.903. The van der Waals surface area contributed by atoms with Gasteiger partial charge in [0.1, 0.15) is 6.61 Å². The van der Waals surface area contributed by atoms with E-state index < -0.39 is 6.09 Å². The van der Waals surface area contributed by atoms with Crippen molar-refractivity contribution in [2.45, 2.75) is 0 Å². The highest BCUT2D eigenvalue weighted by Gasteiger charge is 2.20. The van der Waals surface area contributed by atoms with Crippen LogP contribution in [0.1, 0.15) is 5.69 Å². The molecule has 2 rings (SSSR count). The van der Waals surface area contributed by atoms with E-state index in [4.69, 9.17) is 4.74 Å². The second-order valence-electron chi connectivity index (χ2n) is 2.74. The molecule has 5 nitrogen and oxygen atoms in total. The number of rotatable bonds is 2. The Bertz CT molecular complexity index is 350. The Hall–Kier alpha value is -1.91. The first-order valence-electron chi connectivity index (χ1n) is 4.25. The molecule has 0 aliphatic carbocycles. The Morgan fingerprint density at radius 3 is 3.14 bits per heavy atom. The first-order chi connectivity index (χ1) is 6.86. The highest BCUT2D eigenvalue weighted by atomic mass is 16.6. The Balaban J connectivity index is 2.03. The number of carbonyl (C=O) groups excluding carboxylic acids is 1. The zero-order chi connectivity index (χ0) is 9.80. The summed E-state index contributed by atoms with van der Waals surface area (Å²) >= 11 is 0. The van der Waals surface area contributed by atoms with Gasteiger partial charge in [-0.05, 0) is 12.1 Å². The molecule has 1 fully saturated rings. The molecule has 0 bridgehead atoms. The molecule has 1 saturated heterocycles. The summed E-state index contributed by atoms with van der Waals surface area (Å²) < 4.78 is 4.71. The smallest absolute Gasteiger partial charge is 0.430 e. The van der Waals surface area contributed by atoms with Gasteiger partial charge < -0.3 is 4.74 Å². The minimum Gasteiger partial charge on any atom is -0.446 e. The van der Waals surface area contributed by atoms with Crippen molar-refractivity contribution in [3.05, 3.63) is 30.1 Å². The van der Waals surface area contributed by atoms with Crippen molar-refractivity contribution in [2.75, 3.05) is 13.2 Å². The van der Waals surface area contributed by atoms with Gasteiger partial charge in [0, 0.05) is 6.20 Å². The molecule has 0 atom stereocenters. The maximum Gasteiger partial charge on any atom is 0.430 e. The third kappa shape index (κ3) is 1.87. The van der Waals surface area contributed by atoms with Gasteiger partial charge in [-0.1, -0.05) is 6.07 Å². The third-order valence-electron chi connectivity index (χ3n) is 1.76. The molecule has 1 amide bonds. The molecule has 5 heteroatoms. The summed E-state index contributed by atoms with van der Waals surface area (Å²) in [6.07, 6.45) is 2.80. The number of pyridine rings is 1. The average molecular weight is 191 g/mol. The van der Waals surface area contributed by atoms with E-state index >= 15 is 0 Å². The standard InChI is InChI=1S/C9H9N3O2/c13-9-12(5-6-14-9)11-7-8-3-1-2-4-10-8/h1-4,7H,5-6H2/b11-7-. The van der Waals surface area contributed by atoms with Crippen LogP contribution in [0.2, 0.25) is 0 Å². The number of aromatic nitrogens is 1. The Morgan fingerprint density at radius 2 is 2.50 bits per heavy atom. The van der Waals surface area contributed by atoms with E-state index in [-0.39, 0.29) is 0 Å². The number of hydrazone groups is 1. The van der Waals surface area contributed by atoms with Crippen LogP contribution < -0.4 is 0 Å². The number of hydrogen-bond donors (Lipinski definition) is 0. The van der Waals surface area contributed by atoms with E-state index in [0.29, 0.717) is 18.8 Å². The fourth-order valence-electron chi connectivity index (χ4n) is 1.07. The molecule has 1 aliphatic heterocycles. The van der Waals surface area contributed by atoms with Gasteiger partial charge in [0.25, 0.3) is 0 Å². The highest BCUT2D eigenvalue weighted by Crippen LogP contribution is 2.03. The van der Waals surface area contributed by atoms with E-state index in [1.54, 1.807) is 6.20 Å². The Labute approximate surface area is 81.0 Å². The van der Waals surface area contributed by atoms with E-state index in [9.17, 15) is 4.79 Å². The average Bonchev–Trinajstić information content (AvgIpc) is 2.63. The number of carbonyl (C=O) groups is 1. The number of amides is 1. The number of cyclic esters (lactones) is 1. The van der Waals surface area contributed by atoms with Crippen molar-refractivity contribution in [3.8, 4) is 0 Å². The number of nitrogens with zero attached hydrogens (tertiary/aromatic N) is 3. The molecule has 14 heavy (non-hydrogen) atoms. The van der Waals surface area contributed by atoms with Crippen molar-refractivity contribution in [3.63, 3.8) is 0 Å². The van der Waals surface area contributed by atoms with Crippen LogP contribution in [0.3, 0.4) is 0 Å². The highest BCUT2D eigenvalue weighted by molar-refractivity contribution is 5.78. The fraction of sp³-hybridized carbons (Fsp3) is 0.222. The first-order valence-corrected chi connectivity index (χ1v) is 4.25. The molecule has 1 aromatic heterocycles. The SMILES string of the molecule is O=C1OCCN1/N=C\c1ccccn1.